The van der Waals surface area contributed by atoms with Gasteiger partial charge in [0.15, 0.2) is 5.82 Å². The third kappa shape index (κ3) is 2.28. The van der Waals surface area contributed by atoms with Gasteiger partial charge in [0.05, 0.1) is 18.9 Å². The van der Waals surface area contributed by atoms with Crippen LogP contribution >= 0.6 is 27.5 Å². The van der Waals surface area contributed by atoms with Gasteiger partial charge in [-0.15, -0.1) is 0 Å². The van der Waals surface area contributed by atoms with Crippen LogP contribution in [0.25, 0.3) is 11.4 Å². The second-order valence-electron chi connectivity index (χ2n) is 4.08. The standard InChI is InChI=1S/C13H10BrClN2O/c14-9-3-1-2-8(6-9)13-16-11-4-5-18-7-10(11)12(15)17-13/h1-3,6H,4-5,7H2. The minimum absolute atomic E-state index is 0.495. The predicted molar refractivity (Wildman–Crippen MR) is 73.5 cm³/mol. The summed E-state index contributed by atoms with van der Waals surface area (Å²) in [4.78, 5) is 8.94. The van der Waals surface area contributed by atoms with E-state index in [-0.39, 0.29) is 0 Å². The zero-order chi connectivity index (χ0) is 12.5. The fourth-order valence-electron chi connectivity index (χ4n) is 1.95. The Morgan fingerprint density at radius 1 is 1.28 bits per heavy atom. The van der Waals surface area contributed by atoms with Crippen molar-refractivity contribution in [1.29, 1.82) is 0 Å². The molecule has 3 nitrogen and oxygen atoms in total. The first-order valence-electron chi connectivity index (χ1n) is 5.63. The molecule has 0 spiro atoms. The summed E-state index contributed by atoms with van der Waals surface area (Å²) in [5.41, 5.74) is 2.87. The van der Waals surface area contributed by atoms with Gasteiger partial charge in [-0.3, -0.25) is 0 Å². The number of hydrogen-bond acceptors (Lipinski definition) is 3. The molecular formula is C13H10BrClN2O. The Bertz CT molecular complexity index is 604. The van der Waals surface area contributed by atoms with Gasteiger partial charge < -0.3 is 4.74 Å². The van der Waals surface area contributed by atoms with Gasteiger partial charge in [-0.1, -0.05) is 39.7 Å². The van der Waals surface area contributed by atoms with Crippen molar-refractivity contribution in [2.45, 2.75) is 13.0 Å². The molecule has 0 bridgehead atoms. The summed E-state index contributed by atoms with van der Waals surface area (Å²) in [6.45, 7) is 1.20. The first-order valence-corrected chi connectivity index (χ1v) is 6.80. The molecule has 0 N–H and O–H groups in total. The molecule has 0 aliphatic carbocycles. The molecule has 0 fully saturated rings. The highest BCUT2D eigenvalue weighted by molar-refractivity contribution is 9.10. The topological polar surface area (TPSA) is 35.0 Å². The highest BCUT2D eigenvalue weighted by atomic mass is 79.9. The fourth-order valence-corrected chi connectivity index (χ4v) is 2.59. The number of ether oxygens (including phenoxy) is 1. The van der Waals surface area contributed by atoms with Crippen LogP contribution < -0.4 is 0 Å². The second kappa shape index (κ2) is 4.96. The molecular weight excluding hydrogens is 316 g/mol. The maximum Gasteiger partial charge on any atom is 0.161 e. The average Bonchev–Trinajstić information content (AvgIpc) is 2.39. The lowest BCUT2D eigenvalue weighted by Crippen LogP contribution is -2.14. The van der Waals surface area contributed by atoms with Gasteiger partial charge in [-0.05, 0) is 12.1 Å². The highest BCUT2D eigenvalue weighted by Gasteiger charge is 2.17. The van der Waals surface area contributed by atoms with E-state index >= 15 is 0 Å². The van der Waals surface area contributed by atoms with Crippen molar-refractivity contribution < 1.29 is 4.74 Å². The van der Waals surface area contributed by atoms with Crippen LogP contribution in [-0.2, 0) is 17.8 Å². The smallest absolute Gasteiger partial charge is 0.161 e. The van der Waals surface area contributed by atoms with Gasteiger partial charge >= 0.3 is 0 Å². The highest BCUT2D eigenvalue weighted by Crippen LogP contribution is 2.27. The zero-order valence-electron chi connectivity index (χ0n) is 9.49. The average molecular weight is 326 g/mol. The van der Waals surface area contributed by atoms with E-state index in [4.69, 9.17) is 16.3 Å². The molecule has 3 rings (SSSR count). The van der Waals surface area contributed by atoms with Crippen molar-refractivity contribution in [3.8, 4) is 11.4 Å². The lowest BCUT2D eigenvalue weighted by atomic mass is 10.1. The van der Waals surface area contributed by atoms with E-state index < -0.39 is 0 Å². The zero-order valence-corrected chi connectivity index (χ0v) is 11.8. The monoisotopic (exact) mass is 324 g/mol. The van der Waals surface area contributed by atoms with Crippen molar-refractivity contribution in [3.05, 3.63) is 45.1 Å². The Balaban J connectivity index is 2.11. The molecule has 1 aliphatic rings. The van der Waals surface area contributed by atoms with E-state index in [1.165, 1.54) is 0 Å². The number of aromatic nitrogens is 2. The first kappa shape index (κ1) is 12.1. The minimum atomic E-state index is 0.495. The van der Waals surface area contributed by atoms with Crippen molar-refractivity contribution in [2.75, 3.05) is 6.61 Å². The molecule has 0 unspecified atom stereocenters. The molecule has 2 aromatic rings. The van der Waals surface area contributed by atoms with Gasteiger partial charge in [0.2, 0.25) is 0 Å². The molecule has 18 heavy (non-hydrogen) atoms. The number of halogens is 2. The Labute approximate surface area is 118 Å². The van der Waals surface area contributed by atoms with Gasteiger partial charge in [0, 0.05) is 22.0 Å². The van der Waals surface area contributed by atoms with E-state index in [0.29, 0.717) is 24.2 Å². The molecule has 1 aromatic heterocycles. The Hall–Kier alpha value is -0.970. The molecule has 5 heteroatoms. The predicted octanol–water partition coefficient (Wildman–Crippen LogP) is 3.63. The largest absolute Gasteiger partial charge is 0.376 e. The lowest BCUT2D eigenvalue weighted by molar-refractivity contribution is 0.109. The summed E-state index contributed by atoms with van der Waals surface area (Å²) in [6.07, 6.45) is 0.790. The number of nitrogens with zero attached hydrogens (tertiary/aromatic N) is 2. The summed E-state index contributed by atoms with van der Waals surface area (Å²) in [6, 6.07) is 7.89. The molecule has 1 aromatic carbocycles. The molecule has 0 atom stereocenters. The van der Waals surface area contributed by atoms with E-state index in [1.54, 1.807) is 0 Å². The Morgan fingerprint density at radius 3 is 3.00 bits per heavy atom. The second-order valence-corrected chi connectivity index (χ2v) is 5.35. The quantitative estimate of drug-likeness (QED) is 0.751. The van der Waals surface area contributed by atoms with Gasteiger partial charge in [-0.25, -0.2) is 9.97 Å². The fraction of sp³-hybridized carbons (Fsp3) is 0.231. The summed E-state index contributed by atoms with van der Waals surface area (Å²) < 4.78 is 6.37. The van der Waals surface area contributed by atoms with Crippen LogP contribution in [0, 0.1) is 0 Å². The maximum absolute atomic E-state index is 6.19. The van der Waals surface area contributed by atoms with E-state index in [9.17, 15) is 0 Å². The van der Waals surface area contributed by atoms with Crippen molar-refractivity contribution in [2.24, 2.45) is 0 Å². The Morgan fingerprint density at radius 2 is 2.17 bits per heavy atom. The molecule has 92 valence electrons. The van der Waals surface area contributed by atoms with Gasteiger partial charge in [-0.2, -0.15) is 0 Å². The number of fused-ring (bicyclic) bond motifs is 1. The summed E-state index contributed by atoms with van der Waals surface area (Å²) >= 11 is 9.64. The van der Waals surface area contributed by atoms with Gasteiger partial charge in [0.25, 0.3) is 0 Å². The van der Waals surface area contributed by atoms with Crippen LogP contribution in [0.3, 0.4) is 0 Å². The number of hydrogen-bond donors (Lipinski definition) is 0. The van der Waals surface area contributed by atoms with Crippen LogP contribution in [0.15, 0.2) is 28.7 Å². The molecule has 0 amide bonds. The van der Waals surface area contributed by atoms with Crippen LogP contribution in [0.5, 0.6) is 0 Å². The molecule has 1 aliphatic heterocycles. The number of benzene rings is 1. The van der Waals surface area contributed by atoms with Crippen molar-refractivity contribution in [1.82, 2.24) is 9.97 Å². The third-order valence-corrected chi connectivity index (χ3v) is 3.66. The van der Waals surface area contributed by atoms with Crippen LogP contribution in [0.2, 0.25) is 5.15 Å². The number of rotatable bonds is 1. The van der Waals surface area contributed by atoms with E-state index in [0.717, 1.165) is 27.7 Å². The maximum atomic E-state index is 6.19. The Kier molecular flexibility index (Phi) is 3.33. The summed E-state index contributed by atoms with van der Waals surface area (Å²) in [5.74, 6) is 0.668. The van der Waals surface area contributed by atoms with Crippen molar-refractivity contribution in [3.63, 3.8) is 0 Å². The lowest BCUT2D eigenvalue weighted by Gasteiger charge is -2.17. The van der Waals surface area contributed by atoms with Gasteiger partial charge in [0.1, 0.15) is 5.15 Å². The SMILES string of the molecule is Clc1nc(-c2cccc(Br)c2)nc2c1COCC2. The van der Waals surface area contributed by atoms with Crippen LogP contribution in [0.4, 0.5) is 0 Å². The summed E-state index contributed by atoms with van der Waals surface area (Å²) in [7, 11) is 0. The molecule has 0 saturated carbocycles. The van der Waals surface area contributed by atoms with E-state index in [1.807, 2.05) is 24.3 Å². The normalized spacial score (nSPS) is 14.3. The van der Waals surface area contributed by atoms with Crippen molar-refractivity contribution >= 4 is 27.5 Å². The van der Waals surface area contributed by atoms with E-state index in [2.05, 4.69) is 25.9 Å². The molecule has 0 saturated heterocycles. The third-order valence-electron chi connectivity index (χ3n) is 2.85. The molecule has 2 heterocycles. The minimum Gasteiger partial charge on any atom is -0.376 e. The van der Waals surface area contributed by atoms with Crippen LogP contribution in [0.1, 0.15) is 11.3 Å². The van der Waals surface area contributed by atoms with Crippen LogP contribution in [-0.4, -0.2) is 16.6 Å². The summed E-state index contributed by atoms with van der Waals surface area (Å²) in [5, 5.41) is 0.495. The first-order chi connectivity index (χ1) is 8.74. The molecule has 0 radical (unpaired) electrons.